The van der Waals surface area contributed by atoms with E-state index in [1.165, 1.54) is 0 Å². The van der Waals surface area contributed by atoms with Crippen molar-refractivity contribution in [1.29, 1.82) is 0 Å². The molecule has 0 unspecified atom stereocenters. The standard InChI is InChI=1S/C13H17Br2ClO/c1-3-9(4-2)8-17-13-11(14)5-10(7-16)6-12(13)15/h5-6,9H,3-4,7-8H2,1-2H3. The molecule has 1 aromatic carbocycles. The molecular formula is C13H17Br2ClO. The molecule has 0 atom stereocenters. The topological polar surface area (TPSA) is 9.23 Å². The van der Waals surface area contributed by atoms with E-state index in [4.69, 9.17) is 16.3 Å². The summed E-state index contributed by atoms with van der Waals surface area (Å²) in [6, 6.07) is 4.00. The summed E-state index contributed by atoms with van der Waals surface area (Å²) >= 11 is 12.9. The quantitative estimate of drug-likeness (QED) is 0.566. The van der Waals surface area contributed by atoms with Gasteiger partial charge in [-0.25, -0.2) is 0 Å². The van der Waals surface area contributed by atoms with E-state index in [-0.39, 0.29) is 0 Å². The third-order valence-electron chi connectivity index (χ3n) is 2.83. The highest BCUT2D eigenvalue weighted by Gasteiger charge is 2.11. The van der Waals surface area contributed by atoms with Crippen molar-refractivity contribution in [3.05, 3.63) is 26.6 Å². The third kappa shape index (κ3) is 4.46. The summed E-state index contributed by atoms with van der Waals surface area (Å²) in [7, 11) is 0. The van der Waals surface area contributed by atoms with E-state index < -0.39 is 0 Å². The Morgan fingerprint density at radius 3 is 2.12 bits per heavy atom. The number of alkyl halides is 1. The molecule has 0 spiro atoms. The first-order valence-corrected chi connectivity index (χ1v) is 7.91. The Labute approximate surface area is 125 Å². The van der Waals surface area contributed by atoms with Crippen LogP contribution in [0.15, 0.2) is 21.1 Å². The summed E-state index contributed by atoms with van der Waals surface area (Å²) in [5.41, 5.74) is 1.07. The van der Waals surface area contributed by atoms with Gasteiger partial charge in [-0.15, -0.1) is 11.6 Å². The molecule has 0 saturated heterocycles. The maximum absolute atomic E-state index is 5.87. The zero-order valence-electron chi connectivity index (χ0n) is 10.1. The van der Waals surface area contributed by atoms with Gasteiger partial charge in [0.1, 0.15) is 5.75 Å². The van der Waals surface area contributed by atoms with Crippen molar-refractivity contribution in [2.75, 3.05) is 6.61 Å². The minimum atomic E-state index is 0.504. The minimum Gasteiger partial charge on any atom is -0.491 e. The summed E-state index contributed by atoms with van der Waals surface area (Å²) < 4.78 is 7.78. The van der Waals surface area contributed by atoms with Crippen LogP contribution >= 0.6 is 43.5 Å². The average molecular weight is 385 g/mol. The van der Waals surface area contributed by atoms with Gasteiger partial charge in [-0.05, 0) is 55.5 Å². The SMILES string of the molecule is CCC(CC)COc1c(Br)cc(CCl)cc1Br. The van der Waals surface area contributed by atoms with Gasteiger partial charge in [0.05, 0.1) is 15.6 Å². The molecule has 0 saturated carbocycles. The molecule has 1 nitrogen and oxygen atoms in total. The van der Waals surface area contributed by atoms with Crippen LogP contribution in [0.1, 0.15) is 32.3 Å². The first kappa shape index (κ1) is 15.3. The maximum atomic E-state index is 5.87. The fraction of sp³-hybridized carbons (Fsp3) is 0.538. The van der Waals surface area contributed by atoms with Crippen molar-refractivity contribution in [1.82, 2.24) is 0 Å². The van der Waals surface area contributed by atoms with Crippen LogP contribution in [0, 0.1) is 5.92 Å². The lowest BCUT2D eigenvalue weighted by atomic mass is 10.1. The molecule has 0 radical (unpaired) electrons. The lowest BCUT2D eigenvalue weighted by molar-refractivity contribution is 0.238. The number of hydrogen-bond acceptors (Lipinski definition) is 1. The fourth-order valence-electron chi connectivity index (χ4n) is 1.55. The van der Waals surface area contributed by atoms with Crippen LogP contribution in [-0.2, 0) is 5.88 Å². The molecule has 0 aliphatic rings. The number of rotatable bonds is 6. The Morgan fingerprint density at radius 2 is 1.71 bits per heavy atom. The second kappa shape index (κ2) is 7.65. The van der Waals surface area contributed by atoms with Gasteiger partial charge >= 0.3 is 0 Å². The minimum absolute atomic E-state index is 0.504. The Hall–Kier alpha value is 0.270. The lowest BCUT2D eigenvalue weighted by Gasteiger charge is -2.16. The van der Waals surface area contributed by atoms with E-state index in [1.54, 1.807) is 0 Å². The number of benzene rings is 1. The molecular weight excluding hydrogens is 367 g/mol. The van der Waals surface area contributed by atoms with E-state index >= 15 is 0 Å². The lowest BCUT2D eigenvalue weighted by Crippen LogP contribution is -2.10. The van der Waals surface area contributed by atoms with Crippen LogP contribution < -0.4 is 4.74 Å². The third-order valence-corrected chi connectivity index (χ3v) is 4.32. The van der Waals surface area contributed by atoms with E-state index in [1.807, 2.05) is 12.1 Å². The first-order chi connectivity index (χ1) is 8.12. The number of halogens is 3. The van der Waals surface area contributed by atoms with Crippen molar-refractivity contribution in [2.45, 2.75) is 32.6 Å². The molecule has 1 rings (SSSR count). The maximum Gasteiger partial charge on any atom is 0.147 e. The molecule has 0 aromatic heterocycles. The molecule has 0 heterocycles. The van der Waals surface area contributed by atoms with Crippen molar-refractivity contribution >= 4 is 43.5 Å². The van der Waals surface area contributed by atoms with Crippen LogP contribution in [0.5, 0.6) is 5.75 Å². The molecule has 17 heavy (non-hydrogen) atoms. The van der Waals surface area contributed by atoms with Crippen LogP contribution in [0.3, 0.4) is 0 Å². The van der Waals surface area contributed by atoms with E-state index in [2.05, 4.69) is 45.7 Å². The average Bonchev–Trinajstić information content (AvgIpc) is 2.32. The van der Waals surface area contributed by atoms with E-state index in [9.17, 15) is 0 Å². The number of ether oxygens (including phenoxy) is 1. The van der Waals surface area contributed by atoms with Gasteiger partial charge in [0, 0.05) is 5.88 Å². The van der Waals surface area contributed by atoms with Gasteiger partial charge in [0.2, 0.25) is 0 Å². The highest BCUT2D eigenvalue weighted by molar-refractivity contribution is 9.11. The Balaban J connectivity index is 2.77. The van der Waals surface area contributed by atoms with Gasteiger partial charge in [-0.3, -0.25) is 0 Å². The van der Waals surface area contributed by atoms with Crippen LogP contribution in [-0.4, -0.2) is 6.61 Å². The van der Waals surface area contributed by atoms with Crippen molar-refractivity contribution in [3.8, 4) is 5.75 Å². The molecule has 0 fully saturated rings. The van der Waals surface area contributed by atoms with Gasteiger partial charge < -0.3 is 4.74 Å². The van der Waals surface area contributed by atoms with Gasteiger partial charge in [0.15, 0.2) is 0 Å². The van der Waals surface area contributed by atoms with Crippen LogP contribution in [0.4, 0.5) is 0 Å². The summed E-state index contributed by atoms with van der Waals surface area (Å²) in [6.45, 7) is 5.14. The molecule has 0 amide bonds. The van der Waals surface area contributed by atoms with Crippen LogP contribution in [0.25, 0.3) is 0 Å². The number of hydrogen-bond donors (Lipinski definition) is 0. The van der Waals surface area contributed by atoms with Crippen molar-refractivity contribution in [3.63, 3.8) is 0 Å². The highest BCUT2D eigenvalue weighted by Crippen LogP contribution is 2.35. The second-order valence-electron chi connectivity index (χ2n) is 4.02. The van der Waals surface area contributed by atoms with Crippen molar-refractivity contribution < 1.29 is 4.74 Å². The molecule has 96 valence electrons. The fourth-order valence-corrected chi connectivity index (χ4v) is 3.22. The molecule has 0 bridgehead atoms. The predicted molar refractivity (Wildman–Crippen MR) is 81.0 cm³/mol. The highest BCUT2D eigenvalue weighted by atomic mass is 79.9. The van der Waals surface area contributed by atoms with Gasteiger partial charge in [-0.1, -0.05) is 26.7 Å². The molecule has 0 aliphatic heterocycles. The Morgan fingerprint density at radius 1 is 1.18 bits per heavy atom. The first-order valence-electron chi connectivity index (χ1n) is 5.79. The normalized spacial score (nSPS) is 10.9. The van der Waals surface area contributed by atoms with Gasteiger partial charge in [-0.2, -0.15) is 0 Å². The summed E-state index contributed by atoms with van der Waals surface area (Å²) in [6.07, 6.45) is 2.29. The Kier molecular flexibility index (Phi) is 6.90. The summed E-state index contributed by atoms with van der Waals surface area (Å²) in [4.78, 5) is 0. The van der Waals surface area contributed by atoms with E-state index in [0.29, 0.717) is 11.8 Å². The zero-order chi connectivity index (χ0) is 12.8. The molecule has 0 N–H and O–H groups in total. The smallest absolute Gasteiger partial charge is 0.147 e. The van der Waals surface area contributed by atoms with Crippen LogP contribution in [0.2, 0.25) is 0 Å². The molecule has 0 aliphatic carbocycles. The van der Waals surface area contributed by atoms with E-state index in [0.717, 1.165) is 39.7 Å². The summed E-state index contributed by atoms with van der Waals surface area (Å²) in [5.74, 6) is 1.98. The molecule has 1 aromatic rings. The zero-order valence-corrected chi connectivity index (χ0v) is 14.0. The monoisotopic (exact) mass is 382 g/mol. The largest absolute Gasteiger partial charge is 0.491 e. The Bertz CT molecular complexity index is 341. The van der Waals surface area contributed by atoms with Crippen molar-refractivity contribution in [2.24, 2.45) is 5.92 Å². The predicted octanol–water partition coefficient (Wildman–Crippen LogP) is 5.77. The second-order valence-corrected chi connectivity index (χ2v) is 5.99. The summed E-state index contributed by atoms with van der Waals surface area (Å²) in [5, 5.41) is 0. The van der Waals surface area contributed by atoms with Gasteiger partial charge in [0.25, 0.3) is 0 Å². The molecule has 4 heteroatoms.